The molecular formula is C19H34Br2N2O. The zero-order valence-electron chi connectivity index (χ0n) is 15.4. The molecule has 0 saturated carbocycles. The van der Waals surface area contributed by atoms with E-state index in [1.54, 1.807) is 0 Å². The summed E-state index contributed by atoms with van der Waals surface area (Å²) in [6.07, 6.45) is 7.53. The Morgan fingerprint density at radius 2 is 1.17 bits per heavy atom. The molecule has 0 spiro atoms. The zero-order valence-corrected chi connectivity index (χ0v) is 18.5. The second kappa shape index (κ2) is 10.6. The third-order valence-electron chi connectivity index (χ3n) is 6.25. The van der Waals surface area contributed by atoms with Crippen LogP contribution in [0.4, 0.5) is 0 Å². The van der Waals surface area contributed by atoms with Crippen LogP contribution in [0.1, 0.15) is 52.4 Å². The van der Waals surface area contributed by atoms with E-state index in [9.17, 15) is 4.79 Å². The van der Waals surface area contributed by atoms with Crippen molar-refractivity contribution in [2.24, 2.45) is 11.8 Å². The van der Waals surface area contributed by atoms with Crippen molar-refractivity contribution in [3.8, 4) is 0 Å². The maximum atomic E-state index is 13.0. The van der Waals surface area contributed by atoms with Gasteiger partial charge in [-0.3, -0.25) is 14.6 Å². The van der Waals surface area contributed by atoms with Crippen LogP contribution < -0.4 is 0 Å². The van der Waals surface area contributed by atoms with E-state index in [1.165, 1.54) is 38.5 Å². The average Bonchev–Trinajstić information content (AvgIpc) is 2.62. The topological polar surface area (TPSA) is 23.6 Å². The lowest BCUT2D eigenvalue weighted by molar-refractivity contribution is -0.129. The van der Waals surface area contributed by atoms with Crippen LogP contribution >= 0.6 is 31.9 Å². The quantitative estimate of drug-likeness (QED) is 0.498. The highest BCUT2D eigenvalue weighted by Crippen LogP contribution is 2.25. The number of ketones is 1. The number of rotatable bonds is 8. The van der Waals surface area contributed by atoms with Crippen molar-refractivity contribution in [1.82, 2.24) is 9.80 Å². The fourth-order valence-corrected chi connectivity index (χ4v) is 5.57. The molecule has 0 aromatic rings. The molecule has 140 valence electrons. The van der Waals surface area contributed by atoms with Gasteiger partial charge in [-0.05, 0) is 90.4 Å². The zero-order chi connectivity index (χ0) is 17.5. The highest BCUT2D eigenvalue weighted by molar-refractivity contribution is 9.09. The fourth-order valence-electron chi connectivity index (χ4n) is 4.28. The predicted molar refractivity (Wildman–Crippen MR) is 109 cm³/mol. The van der Waals surface area contributed by atoms with E-state index in [0.717, 1.165) is 48.7 Å². The van der Waals surface area contributed by atoms with Gasteiger partial charge in [0.1, 0.15) is 0 Å². The van der Waals surface area contributed by atoms with Crippen LogP contribution in [0.5, 0.6) is 0 Å². The summed E-state index contributed by atoms with van der Waals surface area (Å²) < 4.78 is 0. The SMILES string of the molecule is CC(C(=O)C(C)N1CCC(CCBr)CC1)N1CCC(CCBr)CC1. The van der Waals surface area contributed by atoms with Crippen LogP contribution in [-0.4, -0.2) is 64.5 Å². The fraction of sp³-hybridized carbons (Fsp3) is 0.947. The van der Waals surface area contributed by atoms with E-state index in [2.05, 4.69) is 55.5 Å². The maximum Gasteiger partial charge on any atom is 0.166 e. The van der Waals surface area contributed by atoms with Crippen molar-refractivity contribution < 1.29 is 4.79 Å². The summed E-state index contributed by atoms with van der Waals surface area (Å²) in [5.74, 6) is 2.11. The van der Waals surface area contributed by atoms with Gasteiger partial charge in [0, 0.05) is 10.7 Å². The summed E-state index contributed by atoms with van der Waals surface area (Å²) in [7, 11) is 0. The van der Waals surface area contributed by atoms with Crippen molar-refractivity contribution in [1.29, 1.82) is 0 Å². The number of alkyl halides is 2. The Morgan fingerprint density at radius 1 is 0.833 bits per heavy atom. The molecule has 2 rings (SSSR count). The third kappa shape index (κ3) is 5.78. The first-order valence-corrected chi connectivity index (χ1v) is 11.9. The van der Waals surface area contributed by atoms with Crippen LogP contribution in [-0.2, 0) is 4.79 Å². The van der Waals surface area contributed by atoms with Crippen LogP contribution in [0, 0.1) is 11.8 Å². The molecule has 0 aromatic heterocycles. The number of carbonyl (C=O) groups is 1. The smallest absolute Gasteiger partial charge is 0.166 e. The van der Waals surface area contributed by atoms with Gasteiger partial charge in [0.15, 0.2) is 5.78 Å². The number of piperidine rings is 2. The first kappa shape index (κ1) is 20.9. The highest BCUT2D eigenvalue weighted by Gasteiger charge is 2.32. The molecule has 0 aliphatic carbocycles. The van der Waals surface area contributed by atoms with Crippen molar-refractivity contribution in [3.05, 3.63) is 0 Å². The van der Waals surface area contributed by atoms with Crippen LogP contribution in [0.2, 0.25) is 0 Å². The Labute approximate surface area is 165 Å². The van der Waals surface area contributed by atoms with E-state index >= 15 is 0 Å². The normalized spacial score (nSPS) is 24.8. The maximum absolute atomic E-state index is 13.0. The van der Waals surface area contributed by atoms with Gasteiger partial charge >= 0.3 is 0 Å². The van der Waals surface area contributed by atoms with Crippen LogP contribution in [0.25, 0.3) is 0 Å². The van der Waals surface area contributed by atoms with Gasteiger partial charge in [0.25, 0.3) is 0 Å². The molecule has 2 heterocycles. The largest absolute Gasteiger partial charge is 0.296 e. The molecule has 0 bridgehead atoms. The van der Waals surface area contributed by atoms with E-state index < -0.39 is 0 Å². The van der Waals surface area contributed by atoms with Crippen molar-refractivity contribution in [2.75, 3.05) is 36.8 Å². The molecule has 2 atom stereocenters. The summed E-state index contributed by atoms with van der Waals surface area (Å²) in [6.45, 7) is 8.60. The molecule has 0 aromatic carbocycles. The molecule has 2 saturated heterocycles. The Kier molecular flexibility index (Phi) is 9.25. The molecule has 0 radical (unpaired) electrons. The standard InChI is InChI=1S/C19H34Br2N2O/c1-15(22-11-5-17(3-9-20)6-12-22)19(24)16(2)23-13-7-18(4-10-21)8-14-23/h15-18H,3-14H2,1-2H3. The molecule has 2 unspecified atom stereocenters. The summed E-state index contributed by atoms with van der Waals surface area (Å²) in [5.41, 5.74) is 0. The van der Waals surface area contributed by atoms with Crippen LogP contribution in [0.3, 0.4) is 0 Å². The van der Waals surface area contributed by atoms with Gasteiger partial charge in [-0.1, -0.05) is 31.9 Å². The van der Waals surface area contributed by atoms with Crippen LogP contribution in [0.15, 0.2) is 0 Å². The number of hydrogen-bond donors (Lipinski definition) is 0. The Balaban J connectivity index is 1.78. The summed E-state index contributed by atoms with van der Waals surface area (Å²) in [5, 5.41) is 2.21. The molecule has 2 aliphatic rings. The minimum Gasteiger partial charge on any atom is -0.296 e. The lowest BCUT2D eigenvalue weighted by Gasteiger charge is -2.39. The van der Waals surface area contributed by atoms with Crippen molar-refractivity contribution in [2.45, 2.75) is 64.5 Å². The number of halogens is 2. The lowest BCUT2D eigenvalue weighted by Crippen LogP contribution is -2.52. The number of likely N-dealkylation sites (tertiary alicyclic amines) is 2. The highest BCUT2D eigenvalue weighted by atomic mass is 79.9. The van der Waals surface area contributed by atoms with Crippen molar-refractivity contribution >= 4 is 37.6 Å². The second-order valence-corrected chi connectivity index (χ2v) is 9.25. The molecular weight excluding hydrogens is 432 g/mol. The summed E-state index contributed by atoms with van der Waals surface area (Å²) in [4.78, 5) is 17.8. The monoisotopic (exact) mass is 464 g/mol. The average molecular weight is 466 g/mol. The molecule has 24 heavy (non-hydrogen) atoms. The molecule has 2 aliphatic heterocycles. The molecule has 2 fully saturated rings. The van der Waals surface area contributed by atoms with Gasteiger partial charge in [-0.25, -0.2) is 0 Å². The Bertz CT molecular complexity index is 344. The minimum absolute atomic E-state index is 0.0742. The summed E-state index contributed by atoms with van der Waals surface area (Å²) >= 11 is 7.11. The van der Waals surface area contributed by atoms with E-state index in [4.69, 9.17) is 0 Å². The Hall–Kier alpha value is 0.550. The Morgan fingerprint density at radius 3 is 1.46 bits per heavy atom. The van der Waals surface area contributed by atoms with E-state index in [-0.39, 0.29) is 12.1 Å². The molecule has 0 amide bonds. The van der Waals surface area contributed by atoms with Gasteiger partial charge < -0.3 is 0 Å². The number of nitrogens with zero attached hydrogens (tertiary/aromatic N) is 2. The van der Waals surface area contributed by atoms with E-state index in [1.807, 2.05) is 0 Å². The van der Waals surface area contributed by atoms with Crippen molar-refractivity contribution in [3.63, 3.8) is 0 Å². The molecule has 3 nitrogen and oxygen atoms in total. The summed E-state index contributed by atoms with van der Waals surface area (Å²) in [6, 6.07) is 0.148. The number of Topliss-reactive ketones (excluding diaryl/α,β-unsaturated/α-hetero) is 1. The third-order valence-corrected chi connectivity index (χ3v) is 7.17. The van der Waals surface area contributed by atoms with E-state index in [0.29, 0.717) is 5.78 Å². The first-order chi connectivity index (χ1) is 11.6. The second-order valence-electron chi connectivity index (χ2n) is 7.67. The molecule has 5 heteroatoms. The number of carbonyl (C=O) groups excluding carboxylic acids is 1. The minimum atomic E-state index is 0.0742. The van der Waals surface area contributed by atoms with Gasteiger partial charge in [-0.2, -0.15) is 0 Å². The predicted octanol–water partition coefficient (Wildman–Crippen LogP) is 4.33. The van der Waals surface area contributed by atoms with Gasteiger partial charge in [0.05, 0.1) is 12.1 Å². The lowest BCUT2D eigenvalue weighted by atomic mass is 9.91. The first-order valence-electron chi connectivity index (χ1n) is 9.70. The van der Waals surface area contributed by atoms with Gasteiger partial charge in [-0.15, -0.1) is 0 Å². The van der Waals surface area contributed by atoms with Gasteiger partial charge in [0.2, 0.25) is 0 Å². The molecule has 0 N–H and O–H groups in total. The number of hydrogen-bond acceptors (Lipinski definition) is 3.